The van der Waals surface area contributed by atoms with E-state index in [-0.39, 0.29) is 13.2 Å². The van der Waals surface area contributed by atoms with Crippen LogP contribution in [0.2, 0.25) is 0 Å². The van der Waals surface area contributed by atoms with Crippen molar-refractivity contribution in [3.63, 3.8) is 0 Å². The van der Waals surface area contributed by atoms with Gasteiger partial charge in [-0.05, 0) is 0 Å². The smallest absolute Gasteiger partial charge is 0.435 e. The average molecular weight is 234 g/mol. The zero-order valence-corrected chi connectivity index (χ0v) is 9.00. The van der Waals surface area contributed by atoms with Crippen molar-refractivity contribution in [2.45, 2.75) is 6.10 Å². The van der Waals surface area contributed by atoms with E-state index in [4.69, 9.17) is 14.9 Å². The van der Waals surface area contributed by atoms with Crippen LogP contribution in [0.1, 0.15) is 0 Å². The fourth-order valence-corrected chi connectivity index (χ4v) is 1.000. The quantitative estimate of drug-likeness (QED) is 0.348. The molecule has 0 aliphatic rings. The summed E-state index contributed by atoms with van der Waals surface area (Å²) in [6, 6.07) is 0. The Morgan fingerprint density at radius 1 is 1.44 bits per heavy atom. The van der Waals surface area contributed by atoms with Crippen LogP contribution in [0.5, 0.6) is 0 Å². The number of carbonyl (C=O) groups is 2. The van der Waals surface area contributed by atoms with Crippen molar-refractivity contribution in [3.05, 3.63) is 12.7 Å². The van der Waals surface area contributed by atoms with Crippen LogP contribution in [0.4, 0.5) is 9.59 Å². The van der Waals surface area contributed by atoms with Gasteiger partial charge >= 0.3 is 12.2 Å². The number of quaternary nitrogens is 1. The van der Waals surface area contributed by atoms with Crippen LogP contribution in [0.15, 0.2) is 12.7 Å². The molecule has 0 fully saturated rings. The lowest BCUT2D eigenvalue weighted by atomic mass is 10.3. The van der Waals surface area contributed by atoms with Crippen LogP contribution in [0.3, 0.4) is 0 Å². The van der Waals surface area contributed by atoms with Crippen molar-refractivity contribution >= 4 is 12.2 Å². The van der Waals surface area contributed by atoms with Gasteiger partial charge < -0.3 is 20.1 Å². The summed E-state index contributed by atoms with van der Waals surface area (Å²) in [5.41, 5.74) is 0. The largest absolute Gasteiger partial charge is 0.524 e. The van der Waals surface area contributed by atoms with Gasteiger partial charge in [-0.3, -0.25) is 0 Å². The van der Waals surface area contributed by atoms with Gasteiger partial charge in [-0.25, -0.2) is 0 Å². The topological polar surface area (TPSA) is 104 Å². The van der Waals surface area contributed by atoms with Crippen LogP contribution < -0.4 is 0 Å². The summed E-state index contributed by atoms with van der Waals surface area (Å²) in [6.07, 6.45) is -2.79. The van der Waals surface area contributed by atoms with Crippen molar-refractivity contribution in [3.8, 4) is 0 Å². The Bertz CT molecular complexity index is 263. The minimum atomic E-state index is -1.55. The highest BCUT2D eigenvalue weighted by Crippen LogP contribution is 2.06. The van der Waals surface area contributed by atoms with Crippen molar-refractivity contribution in [2.75, 3.05) is 26.8 Å². The Balaban J connectivity index is 4.36. The third-order valence-electron chi connectivity index (χ3n) is 1.97. The number of aliphatic hydroxyl groups is 1. The van der Waals surface area contributed by atoms with Gasteiger partial charge in [0, 0.05) is 0 Å². The minimum absolute atomic E-state index is 0.138. The molecule has 92 valence electrons. The van der Waals surface area contributed by atoms with Gasteiger partial charge in [-0.1, -0.05) is 6.08 Å². The number of imide groups is 1. The second-order valence-electron chi connectivity index (χ2n) is 3.42. The molecule has 1 unspecified atom stereocenters. The van der Waals surface area contributed by atoms with Gasteiger partial charge in [-0.15, -0.1) is 11.1 Å². The van der Waals surface area contributed by atoms with Gasteiger partial charge in [0.2, 0.25) is 0 Å². The molecule has 2 amide bonds. The van der Waals surface area contributed by atoms with E-state index in [1.54, 1.807) is 0 Å². The molecule has 0 heterocycles. The molecule has 7 heteroatoms. The minimum Gasteiger partial charge on any atom is -0.435 e. The van der Waals surface area contributed by atoms with Crippen molar-refractivity contribution in [1.29, 1.82) is 0 Å². The molecule has 0 bridgehead atoms. The van der Waals surface area contributed by atoms with E-state index in [2.05, 4.69) is 6.58 Å². The van der Waals surface area contributed by atoms with Gasteiger partial charge in [-0.2, -0.15) is 9.59 Å². The number of hydrogen-bond acceptors (Lipinski definition) is 4. The first kappa shape index (κ1) is 14.6. The van der Waals surface area contributed by atoms with E-state index in [1.165, 1.54) is 6.08 Å². The molecule has 0 aromatic carbocycles. The standard InChI is InChI=1S/C9H15NO6/c1-3-4-16-6-7(11)5-10(2,8(12)13)9(14)15/h3,7,11H,1,4-6H2,2H3,(H-,12,13,14,15)/p+1. The molecule has 16 heavy (non-hydrogen) atoms. The highest BCUT2D eigenvalue weighted by molar-refractivity contribution is 5.73. The number of aliphatic hydroxyl groups excluding tert-OH is 1. The Hall–Kier alpha value is -1.44. The molecular formula is C9H16NO6+. The molecule has 3 N–H and O–H groups in total. The molecule has 1 atom stereocenters. The highest BCUT2D eigenvalue weighted by atomic mass is 16.5. The lowest BCUT2D eigenvalue weighted by Gasteiger charge is -2.23. The lowest BCUT2D eigenvalue weighted by molar-refractivity contribution is -0.767. The maximum atomic E-state index is 10.8. The summed E-state index contributed by atoms with van der Waals surface area (Å²) in [6.45, 7) is 2.99. The van der Waals surface area contributed by atoms with Crippen LogP contribution in [0.25, 0.3) is 0 Å². The van der Waals surface area contributed by atoms with Crippen LogP contribution in [-0.2, 0) is 4.74 Å². The third-order valence-corrected chi connectivity index (χ3v) is 1.97. The van der Waals surface area contributed by atoms with E-state index in [0.29, 0.717) is 0 Å². The van der Waals surface area contributed by atoms with Gasteiger partial charge in [0.05, 0.1) is 20.3 Å². The monoisotopic (exact) mass is 234 g/mol. The summed E-state index contributed by atoms with van der Waals surface area (Å²) in [5.74, 6) is 0. The second kappa shape index (κ2) is 6.21. The molecule has 0 rings (SSSR count). The number of carboxylic acid groups (broad SMARTS) is 2. The van der Waals surface area contributed by atoms with E-state index >= 15 is 0 Å². The zero-order chi connectivity index (χ0) is 12.8. The Morgan fingerprint density at radius 2 is 1.94 bits per heavy atom. The second-order valence-corrected chi connectivity index (χ2v) is 3.42. The number of amides is 2. The fraction of sp³-hybridized carbons (Fsp3) is 0.556. The SMILES string of the molecule is C=CCOCC(O)C[N+](C)(C(=O)O)C(=O)O. The van der Waals surface area contributed by atoms with Crippen LogP contribution >= 0.6 is 0 Å². The summed E-state index contributed by atoms with van der Waals surface area (Å²) in [7, 11) is 0.987. The van der Waals surface area contributed by atoms with E-state index < -0.39 is 29.3 Å². The van der Waals surface area contributed by atoms with Gasteiger partial charge in [0.25, 0.3) is 0 Å². The Labute approximate surface area is 92.8 Å². The summed E-state index contributed by atoms with van der Waals surface area (Å²) in [5, 5.41) is 26.9. The fourth-order valence-electron chi connectivity index (χ4n) is 1.000. The normalized spacial score (nSPS) is 13.1. The van der Waals surface area contributed by atoms with E-state index in [1.807, 2.05) is 0 Å². The number of nitrogens with zero attached hydrogens (tertiary/aromatic N) is 1. The predicted octanol–water partition coefficient (Wildman–Crippen LogP) is 0.353. The summed E-state index contributed by atoms with van der Waals surface area (Å²) < 4.78 is 3.58. The summed E-state index contributed by atoms with van der Waals surface area (Å²) >= 11 is 0. The number of likely N-dealkylation sites (N-methyl/N-ethyl adjacent to an activating group) is 1. The van der Waals surface area contributed by atoms with Gasteiger partial charge in [0.15, 0.2) is 0 Å². The molecule has 0 aliphatic carbocycles. The Morgan fingerprint density at radius 3 is 2.31 bits per heavy atom. The van der Waals surface area contributed by atoms with Crippen LogP contribution in [-0.4, -0.2) is 64.9 Å². The molecule has 0 saturated heterocycles. The summed E-state index contributed by atoms with van der Waals surface area (Å²) in [4.78, 5) is 21.5. The predicted molar refractivity (Wildman–Crippen MR) is 54.1 cm³/mol. The molecule has 0 spiro atoms. The average Bonchev–Trinajstić information content (AvgIpc) is 2.17. The maximum Gasteiger partial charge on any atom is 0.524 e. The number of hydrogen-bond donors (Lipinski definition) is 3. The van der Waals surface area contributed by atoms with Crippen molar-refractivity contribution < 1.29 is 34.1 Å². The molecule has 0 saturated carbocycles. The van der Waals surface area contributed by atoms with E-state index in [9.17, 15) is 14.7 Å². The molecule has 0 aromatic heterocycles. The zero-order valence-electron chi connectivity index (χ0n) is 9.00. The third kappa shape index (κ3) is 3.97. The van der Waals surface area contributed by atoms with Crippen LogP contribution in [0, 0.1) is 0 Å². The molecule has 0 radical (unpaired) electrons. The van der Waals surface area contributed by atoms with Crippen molar-refractivity contribution in [2.24, 2.45) is 0 Å². The van der Waals surface area contributed by atoms with Crippen molar-refractivity contribution in [1.82, 2.24) is 0 Å². The van der Waals surface area contributed by atoms with Gasteiger partial charge in [0.1, 0.15) is 12.6 Å². The first-order valence-corrected chi connectivity index (χ1v) is 4.53. The van der Waals surface area contributed by atoms with E-state index in [0.717, 1.165) is 7.05 Å². The Kier molecular flexibility index (Phi) is 5.65. The number of rotatable bonds is 6. The number of ether oxygens (including phenoxy) is 1. The molecular weight excluding hydrogens is 218 g/mol. The molecule has 7 nitrogen and oxygen atoms in total. The molecule has 0 aliphatic heterocycles. The first-order valence-electron chi connectivity index (χ1n) is 4.53. The lowest BCUT2D eigenvalue weighted by Crippen LogP contribution is -2.56. The maximum absolute atomic E-state index is 10.8. The molecule has 0 aromatic rings. The first-order chi connectivity index (χ1) is 7.34. The highest BCUT2D eigenvalue weighted by Gasteiger charge is 2.42.